The minimum absolute atomic E-state index is 0.899. The van der Waals surface area contributed by atoms with Gasteiger partial charge in [-0.15, -0.1) is 0 Å². The Morgan fingerprint density at radius 2 is 0.696 bits per heavy atom. The van der Waals surface area contributed by atoms with Crippen LogP contribution in [-0.2, 0) is 0 Å². The van der Waals surface area contributed by atoms with Crippen LogP contribution >= 0.6 is 0 Å². The van der Waals surface area contributed by atoms with Crippen LogP contribution in [0.5, 0.6) is 0 Å². The summed E-state index contributed by atoms with van der Waals surface area (Å²) in [5.41, 5.74) is 10.5. The van der Waals surface area contributed by atoms with Crippen LogP contribution in [0.3, 0.4) is 0 Å². The minimum atomic E-state index is 0.899. The molecule has 0 N–H and O–H groups in total. The molecular weight excluding hydrogens is 564 g/mol. The van der Waals surface area contributed by atoms with Crippen LogP contribution in [-0.4, -0.2) is 9.13 Å². The number of benzene rings is 7. The lowest BCUT2D eigenvalue weighted by Crippen LogP contribution is -1.96. The molecule has 46 heavy (non-hydrogen) atoms. The molecule has 0 radical (unpaired) electrons. The molecule has 4 nitrogen and oxygen atoms in total. The average molecular weight is 589 g/mol. The number of furan rings is 2. The fourth-order valence-corrected chi connectivity index (χ4v) is 7.69. The van der Waals surface area contributed by atoms with E-state index in [-0.39, 0.29) is 0 Å². The lowest BCUT2D eigenvalue weighted by atomic mass is 10.1. The smallest absolute Gasteiger partial charge is 0.135 e. The van der Waals surface area contributed by atoms with Crippen molar-refractivity contribution < 1.29 is 8.83 Å². The van der Waals surface area contributed by atoms with Crippen LogP contribution in [0.2, 0.25) is 0 Å². The van der Waals surface area contributed by atoms with Crippen LogP contribution in [0.1, 0.15) is 0 Å². The van der Waals surface area contributed by atoms with Crippen molar-refractivity contribution in [1.82, 2.24) is 9.13 Å². The second-order valence-corrected chi connectivity index (χ2v) is 12.1. The normalized spacial score (nSPS) is 12.3. The molecule has 0 amide bonds. The molecule has 214 valence electrons. The molecule has 0 saturated carbocycles. The fraction of sp³-hybridized carbons (Fsp3) is 0. The molecule has 0 saturated heterocycles. The molecule has 4 aromatic heterocycles. The molecule has 4 heterocycles. The maximum atomic E-state index is 6.19. The van der Waals surface area contributed by atoms with Crippen molar-refractivity contribution in [2.45, 2.75) is 0 Å². The van der Waals surface area contributed by atoms with E-state index in [4.69, 9.17) is 8.83 Å². The molecule has 0 aliphatic heterocycles. The third-order valence-corrected chi connectivity index (χ3v) is 9.70. The second-order valence-electron chi connectivity index (χ2n) is 12.1. The first-order valence-electron chi connectivity index (χ1n) is 15.6. The Balaban J connectivity index is 1.26. The molecule has 0 spiro atoms. The van der Waals surface area contributed by atoms with E-state index in [1.54, 1.807) is 0 Å². The topological polar surface area (TPSA) is 36.1 Å². The van der Waals surface area contributed by atoms with Gasteiger partial charge in [-0.3, -0.25) is 0 Å². The van der Waals surface area contributed by atoms with E-state index >= 15 is 0 Å². The van der Waals surface area contributed by atoms with Gasteiger partial charge < -0.3 is 18.0 Å². The number of para-hydroxylation sites is 4. The van der Waals surface area contributed by atoms with Crippen molar-refractivity contribution in [3.63, 3.8) is 0 Å². The zero-order valence-corrected chi connectivity index (χ0v) is 24.6. The highest BCUT2D eigenvalue weighted by molar-refractivity contribution is 6.19. The van der Waals surface area contributed by atoms with Gasteiger partial charge in [-0.25, -0.2) is 0 Å². The van der Waals surface area contributed by atoms with E-state index in [0.29, 0.717) is 0 Å². The van der Waals surface area contributed by atoms with E-state index in [2.05, 4.69) is 130 Å². The van der Waals surface area contributed by atoms with Crippen molar-refractivity contribution >= 4 is 87.5 Å². The van der Waals surface area contributed by atoms with Crippen molar-refractivity contribution in [3.8, 4) is 11.4 Å². The average Bonchev–Trinajstić information content (AvgIpc) is 3.84. The number of hydrogen-bond acceptors (Lipinski definition) is 2. The minimum Gasteiger partial charge on any atom is -0.456 e. The summed E-state index contributed by atoms with van der Waals surface area (Å²) in [7, 11) is 0. The van der Waals surface area contributed by atoms with Crippen molar-refractivity contribution in [2.24, 2.45) is 0 Å². The number of fused-ring (bicyclic) bond motifs is 12. The first kappa shape index (κ1) is 24.1. The third-order valence-electron chi connectivity index (χ3n) is 9.70. The van der Waals surface area contributed by atoms with Crippen LogP contribution in [0.25, 0.3) is 98.9 Å². The van der Waals surface area contributed by atoms with E-state index in [0.717, 1.165) is 55.3 Å². The van der Waals surface area contributed by atoms with Gasteiger partial charge in [0.2, 0.25) is 0 Å². The van der Waals surface area contributed by atoms with Gasteiger partial charge >= 0.3 is 0 Å². The number of rotatable bonds is 2. The van der Waals surface area contributed by atoms with Gasteiger partial charge in [-0.2, -0.15) is 0 Å². The van der Waals surface area contributed by atoms with E-state index < -0.39 is 0 Å². The largest absolute Gasteiger partial charge is 0.456 e. The summed E-state index contributed by atoms with van der Waals surface area (Å²) in [6.07, 6.45) is 0. The SMILES string of the molecule is c1ccc2c(c1)oc1ccc(-n3c4ccccc4c4cc5c6ccccc6n(-c6ccc7oc8ccccc8c7c6)c5cc43)cc12. The van der Waals surface area contributed by atoms with E-state index in [9.17, 15) is 0 Å². The summed E-state index contributed by atoms with van der Waals surface area (Å²) in [6, 6.07) is 51.9. The van der Waals surface area contributed by atoms with Gasteiger partial charge in [0.1, 0.15) is 22.3 Å². The molecule has 0 fully saturated rings. The highest BCUT2D eigenvalue weighted by atomic mass is 16.3. The molecule has 7 aromatic carbocycles. The van der Waals surface area contributed by atoms with Gasteiger partial charge in [0.15, 0.2) is 0 Å². The summed E-state index contributed by atoms with van der Waals surface area (Å²) < 4.78 is 17.2. The van der Waals surface area contributed by atoms with Crippen LogP contribution < -0.4 is 0 Å². The van der Waals surface area contributed by atoms with Crippen molar-refractivity contribution in [3.05, 3.63) is 146 Å². The molecule has 0 atom stereocenters. The highest BCUT2D eigenvalue weighted by Gasteiger charge is 2.20. The van der Waals surface area contributed by atoms with Crippen LogP contribution in [0.15, 0.2) is 154 Å². The number of nitrogens with zero attached hydrogens (tertiary/aromatic N) is 2. The third kappa shape index (κ3) is 3.12. The van der Waals surface area contributed by atoms with Crippen LogP contribution in [0, 0.1) is 0 Å². The Bertz CT molecular complexity index is 2840. The van der Waals surface area contributed by atoms with Gasteiger partial charge in [-0.05, 0) is 72.8 Å². The maximum absolute atomic E-state index is 6.19. The zero-order chi connectivity index (χ0) is 29.9. The molecule has 0 bridgehead atoms. The van der Waals surface area contributed by atoms with E-state index in [1.807, 2.05) is 24.3 Å². The van der Waals surface area contributed by atoms with E-state index in [1.165, 1.54) is 43.6 Å². The predicted octanol–water partition coefficient (Wildman–Crippen LogP) is 11.7. The van der Waals surface area contributed by atoms with Gasteiger partial charge in [0, 0.05) is 54.5 Å². The molecule has 0 unspecified atom stereocenters. The quantitative estimate of drug-likeness (QED) is 0.201. The summed E-state index contributed by atoms with van der Waals surface area (Å²) in [5.74, 6) is 0. The van der Waals surface area contributed by atoms with Gasteiger partial charge in [0.25, 0.3) is 0 Å². The Hall–Kier alpha value is -6.26. The molecular formula is C42H24N2O2. The molecule has 11 aromatic rings. The molecule has 0 aliphatic carbocycles. The van der Waals surface area contributed by atoms with Crippen LogP contribution in [0.4, 0.5) is 0 Å². The lowest BCUT2D eigenvalue weighted by molar-refractivity contribution is 0.668. The lowest BCUT2D eigenvalue weighted by Gasteiger charge is -2.10. The monoisotopic (exact) mass is 588 g/mol. The Morgan fingerprint density at radius 3 is 1.20 bits per heavy atom. The maximum Gasteiger partial charge on any atom is 0.135 e. The summed E-state index contributed by atoms with van der Waals surface area (Å²) in [5, 5.41) is 9.44. The Labute approximate surface area is 261 Å². The zero-order valence-electron chi connectivity index (χ0n) is 24.6. The van der Waals surface area contributed by atoms with Gasteiger partial charge in [0.05, 0.1) is 22.1 Å². The summed E-state index contributed by atoms with van der Waals surface area (Å²) in [6.45, 7) is 0. The first-order chi connectivity index (χ1) is 22.8. The number of aromatic nitrogens is 2. The summed E-state index contributed by atoms with van der Waals surface area (Å²) >= 11 is 0. The van der Waals surface area contributed by atoms with Gasteiger partial charge in [-0.1, -0.05) is 72.8 Å². The fourth-order valence-electron chi connectivity index (χ4n) is 7.69. The second kappa shape index (κ2) is 8.68. The standard InChI is InChI=1S/C42H24N2O2/c1-5-13-35-27(9-1)31-23-32-28-10-2-6-14-36(28)44(26-18-20-42-34(22-26)30-12-4-8-16-40(30)46-42)38(32)24-37(31)43(35)25-17-19-41-33(21-25)29-11-3-7-15-39(29)45-41/h1-24H. The van der Waals surface area contributed by atoms with Crippen molar-refractivity contribution in [2.75, 3.05) is 0 Å². The first-order valence-corrected chi connectivity index (χ1v) is 15.6. The molecule has 4 heteroatoms. The summed E-state index contributed by atoms with van der Waals surface area (Å²) in [4.78, 5) is 0. The molecule has 11 rings (SSSR count). The predicted molar refractivity (Wildman–Crippen MR) is 190 cm³/mol. The Morgan fingerprint density at radius 1 is 0.283 bits per heavy atom. The molecule has 0 aliphatic rings. The highest BCUT2D eigenvalue weighted by Crippen LogP contribution is 2.41. The van der Waals surface area contributed by atoms with Crippen molar-refractivity contribution in [1.29, 1.82) is 0 Å². The number of hydrogen-bond donors (Lipinski definition) is 0. The Kier molecular flexibility index (Phi) is 4.55.